The smallest absolute Gasteiger partial charge is 0.0514 e. The Labute approximate surface area is 96.6 Å². The largest absolute Gasteiger partial charge is 0.381 e. The molecule has 0 aliphatic rings. The van der Waals surface area contributed by atoms with Crippen molar-refractivity contribution in [3.63, 3.8) is 0 Å². The maximum absolute atomic E-state index is 5.68. The minimum absolute atomic E-state index is 0.299. The summed E-state index contributed by atoms with van der Waals surface area (Å²) in [7, 11) is 0. The molecule has 0 saturated heterocycles. The highest BCUT2D eigenvalue weighted by atomic mass is 16.5. The zero-order chi connectivity index (χ0) is 12.1. The lowest BCUT2D eigenvalue weighted by molar-refractivity contribution is 0.0606. The van der Waals surface area contributed by atoms with E-state index in [0.29, 0.717) is 10.8 Å². The molecule has 1 nitrogen and oxygen atoms in total. The Morgan fingerprint density at radius 1 is 0.933 bits per heavy atom. The number of rotatable bonds is 5. The van der Waals surface area contributed by atoms with Crippen LogP contribution in [0.2, 0.25) is 0 Å². The Morgan fingerprint density at radius 2 is 1.47 bits per heavy atom. The highest BCUT2D eigenvalue weighted by molar-refractivity contribution is 4.66. The molecule has 0 aromatic rings. The molecule has 0 aromatic carbocycles. The third-order valence-electron chi connectivity index (χ3n) is 2.25. The zero-order valence-corrected chi connectivity index (χ0v) is 11.8. The Kier molecular flexibility index (Phi) is 5.87. The summed E-state index contributed by atoms with van der Waals surface area (Å²) in [5.74, 6) is 0.768. The van der Waals surface area contributed by atoms with Crippen LogP contribution in [0.4, 0.5) is 0 Å². The van der Waals surface area contributed by atoms with Crippen LogP contribution < -0.4 is 0 Å². The monoisotopic (exact) mass is 214 g/mol. The zero-order valence-electron chi connectivity index (χ0n) is 11.8. The summed E-state index contributed by atoms with van der Waals surface area (Å²) in [6.45, 7) is 17.7. The Hall–Kier alpha value is -0.0400. The third-order valence-corrected chi connectivity index (χ3v) is 2.25. The summed E-state index contributed by atoms with van der Waals surface area (Å²) >= 11 is 0. The second-order valence-corrected chi connectivity index (χ2v) is 7.27. The van der Waals surface area contributed by atoms with Gasteiger partial charge in [-0.1, -0.05) is 48.5 Å². The molecule has 0 aliphatic heterocycles. The van der Waals surface area contributed by atoms with Crippen LogP contribution >= 0.6 is 0 Å². The van der Waals surface area contributed by atoms with E-state index in [1.807, 2.05) is 0 Å². The van der Waals surface area contributed by atoms with Gasteiger partial charge in [-0.15, -0.1) is 0 Å². The first-order chi connectivity index (χ1) is 6.60. The SMILES string of the molecule is CC(CCOCC(C)(C)C)CC(C)(C)C. The van der Waals surface area contributed by atoms with Crippen molar-refractivity contribution in [3.8, 4) is 0 Å². The van der Waals surface area contributed by atoms with Gasteiger partial charge in [0.25, 0.3) is 0 Å². The van der Waals surface area contributed by atoms with Crippen molar-refractivity contribution in [3.05, 3.63) is 0 Å². The van der Waals surface area contributed by atoms with E-state index < -0.39 is 0 Å². The first-order valence-corrected chi connectivity index (χ1v) is 6.18. The minimum atomic E-state index is 0.299. The second kappa shape index (κ2) is 5.89. The quantitative estimate of drug-likeness (QED) is 0.612. The fourth-order valence-electron chi connectivity index (χ4n) is 1.81. The van der Waals surface area contributed by atoms with Crippen LogP contribution in [-0.2, 0) is 4.74 Å². The molecule has 0 aromatic heterocycles. The molecule has 0 saturated carbocycles. The van der Waals surface area contributed by atoms with Gasteiger partial charge in [-0.25, -0.2) is 0 Å². The van der Waals surface area contributed by atoms with E-state index in [4.69, 9.17) is 4.74 Å². The van der Waals surface area contributed by atoms with Crippen molar-refractivity contribution < 1.29 is 4.74 Å². The normalized spacial score (nSPS) is 15.4. The highest BCUT2D eigenvalue weighted by Crippen LogP contribution is 2.26. The van der Waals surface area contributed by atoms with Gasteiger partial charge in [0.05, 0.1) is 6.61 Å². The molecule has 0 bridgehead atoms. The molecule has 15 heavy (non-hydrogen) atoms. The van der Waals surface area contributed by atoms with Crippen molar-refractivity contribution in [2.24, 2.45) is 16.7 Å². The highest BCUT2D eigenvalue weighted by Gasteiger charge is 2.15. The molecule has 0 heterocycles. The summed E-state index contributed by atoms with van der Waals surface area (Å²) in [6, 6.07) is 0. The van der Waals surface area contributed by atoms with Gasteiger partial charge >= 0.3 is 0 Å². The van der Waals surface area contributed by atoms with Crippen molar-refractivity contribution in [1.29, 1.82) is 0 Å². The minimum Gasteiger partial charge on any atom is -0.381 e. The van der Waals surface area contributed by atoms with Crippen molar-refractivity contribution >= 4 is 0 Å². The summed E-state index contributed by atoms with van der Waals surface area (Å²) in [4.78, 5) is 0. The number of hydrogen-bond donors (Lipinski definition) is 0. The summed E-state index contributed by atoms with van der Waals surface area (Å²) in [6.07, 6.45) is 2.47. The molecular formula is C14H30O. The Morgan fingerprint density at radius 3 is 1.87 bits per heavy atom. The molecule has 0 amide bonds. The van der Waals surface area contributed by atoms with Gasteiger partial charge in [-0.3, -0.25) is 0 Å². The predicted molar refractivity (Wildman–Crippen MR) is 68.1 cm³/mol. The van der Waals surface area contributed by atoms with E-state index in [2.05, 4.69) is 48.5 Å². The maximum atomic E-state index is 5.68. The molecule has 0 radical (unpaired) electrons. The van der Waals surface area contributed by atoms with Gasteiger partial charge in [0, 0.05) is 6.61 Å². The van der Waals surface area contributed by atoms with Crippen LogP contribution in [-0.4, -0.2) is 13.2 Å². The average Bonchev–Trinajstić information content (AvgIpc) is 1.92. The predicted octanol–water partition coefficient (Wildman–Crippen LogP) is 4.51. The lowest BCUT2D eigenvalue weighted by Gasteiger charge is -2.24. The molecule has 0 spiro atoms. The standard InChI is InChI=1S/C14H30O/c1-12(10-13(2,3)4)8-9-15-11-14(5,6)7/h12H,8-11H2,1-7H3. The summed E-state index contributed by atoms with van der Waals surface area (Å²) in [5, 5.41) is 0. The summed E-state index contributed by atoms with van der Waals surface area (Å²) < 4.78 is 5.68. The second-order valence-electron chi connectivity index (χ2n) is 7.27. The van der Waals surface area contributed by atoms with Gasteiger partial charge in [0.1, 0.15) is 0 Å². The fourth-order valence-corrected chi connectivity index (χ4v) is 1.81. The fraction of sp³-hybridized carbons (Fsp3) is 1.00. The van der Waals surface area contributed by atoms with Gasteiger partial charge in [0.15, 0.2) is 0 Å². The molecule has 0 rings (SSSR count). The van der Waals surface area contributed by atoms with E-state index >= 15 is 0 Å². The first-order valence-electron chi connectivity index (χ1n) is 6.18. The van der Waals surface area contributed by atoms with Crippen LogP contribution in [0.5, 0.6) is 0 Å². The first kappa shape index (κ1) is 15.0. The van der Waals surface area contributed by atoms with Gasteiger partial charge in [0.2, 0.25) is 0 Å². The van der Waals surface area contributed by atoms with Crippen LogP contribution in [0.15, 0.2) is 0 Å². The van der Waals surface area contributed by atoms with Crippen molar-refractivity contribution in [2.75, 3.05) is 13.2 Å². The lowest BCUT2D eigenvalue weighted by atomic mass is 9.84. The Bertz CT molecular complexity index is 159. The topological polar surface area (TPSA) is 9.23 Å². The van der Waals surface area contributed by atoms with Gasteiger partial charge in [-0.05, 0) is 29.6 Å². The maximum Gasteiger partial charge on any atom is 0.0514 e. The van der Waals surface area contributed by atoms with E-state index in [1.165, 1.54) is 12.8 Å². The van der Waals surface area contributed by atoms with Crippen LogP contribution in [0, 0.1) is 16.7 Å². The van der Waals surface area contributed by atoms with Gasteiger partial charge in [-0.2, -0.15) is 0 Å². The lowest BCUT2D eigenvalue weighted by Crippen LogP contribution is -2.17. The van der Waals surface area contributed by atoms with E-state index in [-0.39, 0.29) is 0 Å². The van der Waals surface area contributed by atoms with E-state index in [1.54, 1.807) is 0 Å². The van der Waals surface area contributed by atoms with Crippen LogP contribution in [0.25, 0.3) is 0 Å². The molecule has 1 unspecified atom stereocenters. The molecular weight excluding hydrogens is 184 g/mol. The van der Waals surface area contributed by atoms with Crippen molar-refractivity contribution in [2.45, 2.75) is 61.3 Å². The number of hydrogen-bond acceptors (Lipinski definition) is 1. The van der Waals surface area contributed by atoms with Crippen LogP contribution in [0.1, 0.15) is 61.3 Å². The molecule has 1 heteroatoms. The average molecular weight is 214 g/mol. The summed E-state index contributed by atoms with van der Waals surface area (Å²) in [5.41, 5.74) is 0.747. The van der Waals surface area contributed by atoms with E-state index in [9.17, 15) is 0 Å². The molecule has 92 valence electrons. The number of ether oxygens (including phenoxy) is 1. The molecule has 0 aliphatic carbocycles. The molecule has 0 N–H and O–H groups in total. The van der Waals surface area contributed by atoms with Crippen molar-refractivity contribution in [1.82, 2.24) is 0 Å². The van der Waals surface area contributed by atoms with Crippen LogP contribution in [0.3, 0.4) is 0 Å². The van der Waals surface area contributed by atoms with E-state index in [0.717, 1.165) is 19.1 Å². The van der Waals surface area contributed by atoms with Gasteiger partial charge < -0.3 is 4.74 Å². The Balaban J connectivity index is 3.52. The third kappa shape index (κ3) is 11.9. The molecule has 0 fully saturated rings. The molecule has 1 atom stereocenters.